The molecule has 0 bridgehead atoms. The van der Waals surface area contributed by atoms with Gasteiger partial charge in [0.1, 0.15) is 6.29 Å². The number of aldehydes is 1. The Balaban J connectivity index is 2.33. The predicted octanol–water partition coefficient (Wildman–Crippen LogP) is 3.36. The van der Waals surface area contributed by atoms with Crippen LogP contribution >= 0.6 is 0 Å². The first-order chi connectivity index (χ1) is 11.4. The van der Waals surface area contributed by atoms with Crippen molar-refractivity contribution in [2.75, 3.05) is 6.61 Å². The normalized spacial score (nSPS) is 34.9. The van der Waals surface area contributed by atoms with Gasteiger partial charge in [-0.3, -0.25) is 9.59 Å². The highest BCUT2D eigenvalue weighted by atomic mass is 16.5. The lowest BCUT2D eigenvalue weighted by Gasteiger charge is -2.39. The number of allylic oxidation sites excluding steroid dienone is 4. The summed E-state index contributed by atoms with van der Waals surface area (Å²) in [4.78, 5) is 23.9. The predicted molar refractivity (Wildman–Crippen MR) is 93.2 cm³/mol. The highest BCUT2D eigenvalue weighted by molar-refractivity contribution is 5.88. The molecule has 1 heterocycles. The molecule has 24 heavy (non-hydrogen) atoms. The zero-order chi connectivity index (χ0) is 17.7. The topological polar surface area (TPSA) is 63.6 Å². The van der Waals surface area contributed by atoms with Gasteiger partial charge >= 0.3 is 5.97 Å². The number of carbonyl (C=O) groups is 2. The van der Waals surface area contributed by atoms with Gasteiger partial charge in [0.15, 0.2) is 0 Å². The van der Waals surface area contributed by atoms with Gasteiger partial charge in [0.25, 0.3) is 0 Å². The van der Waals surface area contributed by atoms with E-state index in [0.29, 0.717) is 25.0 Å². The molecule has 1 N–H and O–H groups in total. The molecule has 0 aromatic heterocycles. The quantitative estimate of drug-likeness (QED) is 0.487. The van der Waals surface area contributed by atoms with E-state index in [2.05, 4.69) is 19.9 Å². The molecule has 4 atom stereocenters. The number of ether oxygens (including phenoxy) is 1. The van der Waals surface area contributed by atoms with Crippen LogP contribution < -0.4 is 0 Å². The van der Waals surface area contributed by atoms with Gasteiger partial charge in [-0.05, 0) is 52.4 Å². The molecule has 1 fully saturated rings. The lowest BCUT2D eigenvalue weighted by atomic mass is 9.70. The van der Waals surface area contributed by atoms with Crippen molar-refractivity contribution in [3.8, 4) is 0 Å². The lowest BCUT2D eigenvalue weighted by molar-refractivity contribution is -0.164. The van der Waals surface area contributed by atoms with Gasteiger partial charge in [0.05, 0.1) is 18.6 Å². The van der Waals surface area contributed by atoms with Crippen LogP contribution in [0.25, 0.3) is 0 Å². The maximum atomic E-state index is 12.4. The molecule has 0 aromatic rings. The van der Waals surface area contributed by atoms with Crippen molar-refractivity contribution in [1.29, 1.82) is 0 Å². The van der Waals surface area contributed by atoms with Crippen molar-refractivity contribution < 1.29 is 19.4 Å². The van der Waals surface area contributed by atoms with Crippen LogP contribution in [0.2, 0.25) is 0 Å². The Labute approximate surface area is 144 Å². The molecule has 0 amide bonds. The monoisotopic (exact) mass is 332 g/mol. The van der Waals surface area contributed by atoms with Crippen molar-refractivity contribution >= 4 is 12.3 Å². The van der Waals surface area contributed by atoms with Crippen molar-refractivity contribution in [2.45, 2.75) is 52.6 Å². The first-order valence-corrected chi connectivity index (χ1v) is 8.73. The van der Waals surface area contributed by atoms with Gasteiger partial charge in [-0.2, -0.15) is 0 Å². The smallest absolute Gasteiger partial charge is 0.313 e. The van der Waals surface area contributed by atoms with Crippen LogP contribution in [0, 0.1) is 17.8 Å². The average molecular weight is 332 g/mol. The van der Waals surface area contributed by atoms with Gasteiger partial charge in [-0.15, -0.1) is 0 Å². The van der Waals surface area contributed by atoms with Crippen molar-refractivity contribution in [3.05, 3.63) is 34.9 Å². The van der Waals surface area contributed by atoms with Crippen molar-refractivity contribution in [2.24, 2.45) is 17.8 Å². The summed E-state index contributed by atoms with van der Waals surface area (Å²) in [6.45, 7) is 6.42. The fourth-order valence-electron chi connectivity index (χ4n) is 3.77. The third-order valence-corrected chi connectivity index (χ3v) is 5.00. The first-order valence-electron chi connectivity index (χ1n) is 8.73. The van der Waals surface area contributed by atoms with Crippen LogP contribution in [0.1, 0.15) is 46.5 Å². The SMILES string of the molecule is CC(C)=CCC[C@@H]1COC(=O)[C@@H]2/C(C=O)=C\C/C=C(/C)C[C@@H](O)[C@@H]12. The zero-order valence-corrected chi connectivity index (χ0v) is 14.8. The van der Waals surface area contributed by atoms with Crippen LogP contribution in [0.15, 0.2) is 34.9 Å². The molecule has 0 radical (unpaired) electrons. The third-order valence-electron chi connectivity index (χ3n) is 5.00. The maximum Gasteiger partial charge on any atom is 0.313 e. The van der Waals surface area contributed by atoms with E-state index in [1.54, 1.807) is 6.08 Å². The Morgan fingerprint density at radius 3 is 2.79 bits per heavy atom. The second-order valence-electron chi connectivity index (χ2n) is 7.18. The minimum absolute atomic E-state index is 0.0625. The van der Waals surface area contributed by atoms with E-state index in [1.165, 1.54) is 5.57 Å². The van der Waals surface area contributed by atoms with E-state index in [4.69, 9.17) is 4.74 Å². The van der Waals surface area contributed by atoms with Gasteiger partial charge in [-0.25, -0.2) is 0 Å². The molecular formula is C20H28O4. The van der Waals surface area contributed by atoms with Crippen molar-refractivity contribution in [1.82, 2.24) is 0 Å². The third kappa shape index (κ3) is 4.44. The summed E-state index contributed by atoms with van der Waals surface area (Å²) in [5.74, 6) is -1.24. The van der Waals surface area contributed by atoms with E-state index in [0.717, 1.165) is 24.7 Å². The average Bonchev–Trinajstić information content (AvgIpc) is 2.58. The maximum absolute atomic E-state index is 12.4. The number of fused-ring (bicyclic) bond motifs is 1. The molecule has 0 saturated carbocycles. The standard InChI is InChI=1S/C20H28O4/c1-13(2)6-4-9-16-12-24-20(23)19-15(11-21)8-5-7-14(3)10-17(22)18(16)19/h6-8,11,16-19,22H,4-5,9-10,12H2,1-3H3/b14-7-,15-8-/t16-,17-,18-,19-/m1/s1. The number of carbonyl (C=O) groups excluding carboxylic acids is 2. The van der Waals surface area contributed by atoms with Gasteiger partial charge in [-0.1, -0.05) is 29.4 Å². The van der Waals surface area contributed by atoms with E-state index >= 15 is 0 Å². The molecule has 1 saturated heterocycles. The summed E-state index contributed by atoms with van der Waals surface area (Å²) >= 11 is 0. The van der Waals surface area contributed by atoms with Crippen LogP contribution in [-0.2, 0) is 14.3 Å². The number of aliphatic hydroxyl groups is 1. The van der Waals surface area contributed by atoms with Crippen LogP contribution in [0.3, 0.4) is 0 Å². The molecule has 0 unspecified atom stereocenters. The number of hydrogen-bond donors (Lipinski definition) is 1. The molecule has 2 rings (SSSR count). The summed E-state index contributed by atoms with van der Waals surface area (Å²) in [6.07, 6.45) is 8.93. The number of esters is 1. The Morgan fingerprint density at radius 1 is 1.38 bits per heavy atom. The molecule has 0 aromatic carbocycles. The summed E-state index contributed by atoms with van der Waals surface area (Å²) in [5.41, 5.74) is 2.79. The molecule has 1 aliphatic carbocycles. The Morgan fingerprint density at radius 2 is 2.12 bits per heavy atom. The minimum Gasteiger partial charge on any atom is -0.465 e. The van der Waals surface area contributed by atoms with Gasteiger partial charge in [0, 0.05) is 11.5 Å². The summed E-state index contributed by atoms with van der Waals surface area (Å²) in [7, 11) is 0. The number of hydrogen-bond acceptors (Lipinski definition) is 4. The van der Waals surface area contributed by atoms with Gasteiger partial charge < -0.3 is 9.84 Å². The minimum atomic E-state index is -0.651. The summed E-state index contributed by atoms with van der Waals surface area (Å²) in [6, 6.07) is 0. The highest BCUT2D eigenvalue weighted by Gasteiger charge is 2.45. The molecule has 1 aliphatic heterocycles. The molecular weight excluding hydrogens is 304 g/mol. The number of cyclic esters (lactones) is 1. The Kier molecular flexibility index (Phi) is 6.55. The van der Waals surface area contributed by atoms with Gasteiger partial charge in [0.2, 0.25) is 0 Å². The summed E-state index contributed by atoms with van der Waals surface area (Å²) in [5, 5.41) is 10.8. The lowest BCUT2D eigenvalue weighted by Crippen LogP contribution is -2.46. The molecule has 4 nitrogen and oxygen atoms in total. The van der Waals surface area contributed by atoms with E-state index < -0.39 is 12.0 Å². The van der Waals surface area contributed by atoms with Crippen LogP contribution in [0.4, 0.5) is 0 Å². The molecule has 4 heteroatoms. The molecule has 132 valence electrons. The van der Waals surface area contributed by atoms with Crippen LogP contribution in [0.5, 0.6) is 0 Å². The number of aliphatic hydroxyl groups excluding tert-OH is 1. The molecule has 0 spiro atoms. The number of rotatable bonds is 4. The second kappa shape index (κ2) is 8.43. The fraction of sp³-hybridized carbons (Fsp3) is 0.600. The van der Waals surface area contributed by atoms with E-state index in [1.807, 2.05) is 13.0 Å². The van der Waals surface area contributed by atoms with Crippen molar-refractivity contribution in [3.63, 3.8) is 0 Å². The largest absolute Gasteiger partial charge is 0.465 e. The zero-order valence-electron chi connectivity index (χ0n) is 14.8. The fourth-order valence-corrected chi connectivity index (χ4v) is 3.77. The first kappa shape index (κ1) is 18.7. The van der Waals surface area contributed by atoms with E-state index in [9.17, 15) is 14.7 Å². The molecule has 2 aliphatic rings. The van der Waals surface area contributed by atoms with E-state index in [-0.39, 0.29) is 17.8 Å². The Hall–Kier alpha value is -1.68. The Bertz CT molecular complexity index is 566. The summed E-state index contributed by atoms with van der Waals surface area (Å²) < 4.78 is 5.37. The highest BCUT2D eigenvalue weighted by Crippen LogP contribution is 2.39. The van der Waals surface area contributed by atoms with Crippen LogP contribution in [-0.4, -0.2) is 30.1 Å². The second-order valence-corrected chi connectivity index (χ2v) is 7.18.